The molecule has 1 N–H and O–H groups in total. The molecule has 0 bridgehead atoms. The number of aromatic amines is 1. The molecule has 1 aliphatic heterocycles. The van der Waals surface area contributed by atoms with Crippen LogP contribution in [0.25, 0.3) is 21.9 Å². The molecule has 1 atom stereocenters. The van der Waals surface area contributed by atoms with Gasteiger partial charge in [-0.3, -0.25) is 0 Å². The van der Waals surface area contributed by atoms with Crippen molar-refractivity contribution in [3.05, 3.63) is 30.5 Å². The first kappa shape index (κ1) is 18.1. The summed E-state index contributed by atoms with van der Waals surface area (Å²) in [4.78, 5) is 15.8. The van der Waals surface area contributed by atoms with Crippen molar-refractivity contribution in [3.8, 4) is 0 Å². The highest BCUT2D eigenvalue weighted by atomic mass is 32.2. The fraction of sp³-hybridized carbons (Fsp3) is 0.438. The number of sulfonamides is 1. The van der Waals surface area contributed by atoms with E-state index in [0.29, 0.717) is 29.7 Å². The van der Waals surface area contributed by atoms with E-state index in [1.165, 1.54) is 6.33 Å². The smallest absolute Gasteiger partial charge is 0.346 e. The number of hydrogen-bond acceptors (Lipinski definition) is 5. The molecule has 3 aromatic heterocycles. The number of H-pyrrole nitrogens is 1. The average molecular weight is 399 g/mol. The first-order chi connectivity index (χ1) is 12.7. The molecule has 1 unspecified atom stereocenters. The molecule has 0 amide bonds. The van der Waals surface area contributed by atoms with Crippen LogP contribution in [0.5, 0.6) is 0 Å². The summed E-state index contributed by atoms with van der Waals surface area (Å²) in [7, 11) is -4.42. The average Bonchev–Trinajstić information content (AvgIpc) is 3.08. The first-order valence-electron chi connectivity index (χ1n) is 8.36. The molecule has 0 saturated carbocycles. The van der Waals surface area contributed by atoms with Gasteiger partial charge in [0.2, 0.25) is 10.0 Å². The van der Waals surface area contributed by atoms with Gasteiger partial charge < -0.3 is 4.98 Å². The zero-order chi connectivity index (χ0) is 19.2. The van der Waals surface area contributed by atoms with Crippen LogP contribution in [0.15, 0.2) is 24.8 Å². The number of fused-ring (bicyclic) bond motifs is 3. The molecule has 1 aliphatic rings. The first-order valence-corrected chi connectivity index (χ1v) is 9.97. The van der Waals surface area contributed by atoms with Crippen molar-refractivity contribution in [1.29, 1.82) is 0 Å². The van der Waals surface area contributed by atoms with Crippen molar-refractivity contribution in [1.82, 2.24) is 24.2 Å². The van der Waals surface area contributed by atoms with E-state index >= 15 is 0 Å². The third-order valence-electron chi connectivity index (χ3n) is 4.73. The molecule has 0 spiro atoms. The van der Waals surface area contributed by atoms with E-state index in [1.54, 1.807) is 12.4 Å². The molecule has 0 radical (unpaired) electrons. The van der Waals surface area contributed by atoms with Crippen LogP contribution >= 0.6 is 0 Å². The molecule has 1 saturated heterocycles. The van der Waals surface area contributed by atoms with Crippen LogP contribution in [0, 0.1) is 0 Å². The predicted octanol–water partition coefficient (Wildman–Crippen LogP) is 2.58. The Balaban J connectivity index is 1.73. The number of nitrogens with zero attached hydrogens (tertiary/aromatic N) is 4. The van der Waals surface area contributed by atoms with E-state index in [-0.39, 0.29) is 19.0 Å². The lowest BCUT2D eigenvalue weighted by Crippen LogP contribution is -2.43. The standard InChI is InChI=1S/C16H16F3N5O2S/c17-16(18,19)8-27(25,26)24-5-1-2-10(7-24)14-13-11-3-4-20-15(11)21-6-12(13)22-9-23-14/h3-4,6,9-10H,1-2,5,7-8H2,(H,20,21). The van der Waals surface area contributed by atoms with E-state index in [4.69, 9.17) is 0 Å². The minimum atomic E-state index is -4.77. The normalized spacial score (nSPS) is 19.7. The molecule has 3 aromatic rings. The molecule has 4 rings (SSSR count). The Kier molecular flexibility index (Phi) is 4.30. The summed E-state index contributed by atoms with van der Waals surface area (Å²) < 4.78 is 63.2. The van der Waals surface area contributed by atoms with Gasteiger partial charge in [-0.2, -0.15) is 13.2 Å². The van der Waals surface area contributed by atoms with Gasteiger partial charge in [-0.25, -0.2) is 27.7 Å². The van der Waals surface area contributed by atoms with Crippen LogP contribution in [0.4, 0.5) is 13.2 Å². The second-order valence-corrected chi connectivity index (χ2v) is 8.55. The van der Waals surface area contributed by atoms with Crippen LogP contribution in [0.1, 0.15) is 24.5 Å². The fourth-order valence-electron chi connectivity index (χ4n) is 3.61. The monoisotopic (exact) mass is 399 g/mol. The van der Waals surface area contributed by atoms with Crippen LogP contribution in [0.3, 0.4) is 0 Å². The maximum Gasteiger partial charge on any atom is 0.404 e. The zero-order valence-electron chi connectivity index (χ0n) is 14.1. The van der Waals surface area contributed by atoms with Crippen LogP contribution in [0.2, 0.25) is 0 Å². The molecule has 144 valence electrons. The number of piperidine rings is 1. The molecule has 11 heteroatoms. The van der Waals surface area contributed by atoms with E-state index in [9.17, 15) is 21.6 Å². The predicted molar refractivity (Wildman–Crippen MR) is 92.6 cm³/mol. The van der Waals surface area contributed by atoms with Crippen LogP contribution in [-0.4, -0.2) is 57.7 Å². The molecule has 27 heavy (non-hydrogen) atoms. The van der Waals surface area contributed by atoms with Gasteiger partial charge in [0.25, 0.3) is 0 Å². The van der Waals surface area contributed by atoms with Crippen molar-refractivity contribution in [3.63, 3.8) is 0 Å². The van der Waals surface area contributed by atoms with Gasteiger partial charge in [0.05, 0.1) is 17.4 Å². The lowest BCUT2D eigenvalue weighted by Gasteiger charge is -2.32. The highest BCUT2D eigenvalue weighted by Gasteiger charge is 2.40. The van der Waals surface area contributed by atoms with Crippen molar-refractivity contribution < 1.29 is 21.6 Å². The largest absolute Gasteiger partial charge is 0.404 e. The minimum absolute atomic E-state index is 0.0290. The third-order valence-corrected chi connectivity index (χ3v) is 6.54. The number of alkyl halides is 3. The van der Waals surface area contributed by atoms with Crippen molar-refractivity contribution in [2.45, 2.75) is 24.9 Å². The molecular weight excluding hydrogens is 383 g/mol. The van der Waals surface area contributed by atoms with Crippen molar-refractivity contribution in [2.24, 2.45) is 0 Å². The number of halogens is 3. The zero-order valence-corrected chi connectivity index (χ0v) is 14.9. The fourth-order valence-corrected chi connectivity index (χ4v) is 5.02. The van der Waals surface area contributed by atoms with E-state index < -0.39 is 22.0 Å². The van der Waals surface area contributed by atoms with Gasteiger partial charge in [-0.1, -0.05) is 0 Å². The topological polar surface area (TPSA) is 91.8 Å². The van der Waals surface area contributed by atoms with Crippen molar-refractivity contribution >= 4 is 32.0 Å². The highest BCUT2D eigenvalue weighted by molar-refractivity contribution is 7.89. The summed E-state index contributed by atoms with van der Waals surface area (Å²) in [5.41, 5.74) is 1.90. The quantitative estimate of drug-likeness (QED) is 0.731. The molecule has 1 fully saturated rings. The van der Waals surface area contributed by atoms with Gasteiger partial charge in [0.1, 0.15) is 12.0 Å². The van der Waals surface area contributed by atoms with Gasteiger partial charge in [0, 0.05) is 36.0 Å². The molecular formula is C16H16F3N5O2S. The SMILES string of the molecule is O=S(=O)(CC(F)(F)F)N1CCCC(c2ncnc3cnc4[nH]ccc4c23)C1. The molecule has 0 aromatic carbocycles. The Morgan fingerprint density at radius 2 is 2.07 bits per heavy atom. The summed E-state index contributed by atoms with van der Waals surface area (Å²) in [5.74, 6) is -2.16. The third kappa shape index (κ3) is 3.48. The number of aromatic nitrogens is 4. The number of rotatable bonds is 3. The van der Waals surface area contributed by atoms with E-state index in [0.717, 1.165) is 15.1 Å². The van der Waals surface area contributed by atoms with E-state index in [2.05, 4.69) is 19.9 Å². The summed E-state index contributed by atoms with van der Waals surface area (Å²) in [6.45, 7) is 0.0534. The summed E-state index contributed by atoms with van der Waals surface area (Å²) in [6.07, 6.45) is 1.04. The van der Waals surface area contributed by atoms with Gasteiger partial charge >= 0.3 is 6.18 Å². The Morgan fingerprint density at radius 1 is 1.26 bits per heavy atom. The Bertz CT molecular complexity index is 1100. The molecule has 4 heterocycles. The minimum Gasteiger partial charge on any atom is -0.346 e. The molecule has 7 nitrogen and oxygen atoms in total. The Morgan fingerprint density at radius 3 is 2.85 bits per heavy atom. The second-order valence-electron chi connectivity index (χ2n) is 6.59. The summed E-state index contributed by atoms with van der Waals surface area (Å²) >= 11 is 0. The number of hydrogen-bond donors (Lipinski definition) is 1. The van der Waals surface area contributed by atoms with Gasteiger partial charge in [-0.05, 0) is 18.9 Å². The number of pyridine rings is 1. The highest BCUT2D eigenvalue weighted by Crippen LogP contribution is 2.34. The van der Waals surface area contributed by atoms with Gasteiger partial charge in [0.15, 0.2) is 5.75 Å². The summed E-state index contributed by atoms with van der Waals surface area (Å²) in [6, 6.07) is 1.83. The Labute approximate surface area is 152 Å². The van der Waals surface area contributed by atoms with E-state index in [1.807, 2.05) is 6.07 Å². The maximum atomic E-state index is 12.6. The summed E-state index contributed by atoms with van der Waals surface area (Å²) in [5, 5.41) is 1.56. The number of nitrogens with one attached hydrogen (secondary N) is 1. The Hall–Kier alpha value is -2.27. The lowest BCUT2D eigenvalue weighted by molar-refractivity contribution is -0.107. The van der Waals surface area contributed by atoms with Gasteiger partial charge in [-0.15, -0.1) is 0 Å². The second kappa shape index (κ2) is 6.41. The van der Waals surface area contributed by atoms with Crippen LogP contribution < -0.4 is 0 Å². The lowest BCUT2D eigenvalue weighted by atomic mass is 9.93. The molecule has 0 aliphatic carbocycles. The van der Waals surface area contributed by atoms with Crippen LogP contribution in [-0.2, 0) is 10.0 Å². The van der Waals surface area contributed by atoms with Crippen molar-refractivity contribution in [2.75, 3.05) is 18.8 Å². The maximum absolute atomic E-state index is 12.6.